The molecule has 0 aliphatic carbocycles. The number of para-hydroxylation sites is 1. The highest BCUT2D eigenvalue weighted by atomic mass is 16.5. The van der Waals surface area contributed by atoms with E-state index in [1.165, 1.54) is 7.11 Å². The van der Waals surface area contributed by atoms with Crippen LogP contribution in [0.4, 0.5) is 5.69 Å². The Balaban J connectivity index is 2.17. The Morgan fingerprint density at radius 1 is 1.24 bits per heavy atom. The monoisotopic (exact) mass is 343 g/mol. The van der Waals surface area contributed by atoms with Gasteiger partial charge in [0, 0.05) is 17.8 Å². The molecule has 134 valence electrons. The van der Waals surface area contributed by atoms with E-state index in [1.807, 2.05) is 18.5 Å². The molecular formula is C19H25N3O3. The average Bonchev–Trinajstić information content (AvgIpc) is 2.81. The topological polar surface area (TPSA) is 73.2 Å². The molecule has 0 aliphatic rings. The van der Waals surface area contributed by atoms with E-state index < -0.39 is 5.97 Å². The van der Waals surface area contributed by atoms with Crippen molar-refractivity contribution in [2.45, 2.75) is 40.7 Å². The fourth-order valence-electron chi connectivity index (χ4n) is 2.75. The molecule has 0 fully saturated rings. The fraction of sp³-hybridized carbons (Fsp3) is 0.421. The number of carbonyl (C=O) groups excluding carboxylic acids is 2. The average molecular weight is 343 g/mol. The third-order valence-electron chi connectivity index (χ3n) is 4.01. The summed E-state index contributed by atoms with van der Waals surface area (Å²) >= 11 is 0. The predicted octanol–water partition coefficient (Wildman–Crippen LogP) is 3.12. The van der Waals surface area contributed by atoms with Gasteiger partial charge in [-0.3, -0.25) is 9.48 Å². The van der Waals surface area contributed by atoms with Crippen molar-refractivity contribution < 1.29 is 14.3 Å². The summed E-state index contributed by atoms with van der Waals surface area (Å²) in [5, 5.41) is 7.33. The number of aryl methyl sites for hydroxylation is 1. The van der Waals surface area contributed by atoms with E-state index in [-0.39, 0.29) is 12.3 Å². The molecule has 6 heteroatoms. The maximum atomic E-state index is 12.5. The molecule has 25 heavy (non-hydrogen) atoms. The number of hydrogen-bond donors (Lipinski definition) is 1. The van der Waals surface area contributed by atoms with Gasteiger partial charge in [-0.25, -0.2) is 4.79 Å². The van der Waals surface area contributed by atoms with Crippen molar-refractivity contribution >= 4 is 17.6 Å². The number of aromatic nitrogens is 2. The maximum absolute atomic E-state index is 12.5. The molecular weight excluding hydrogens is 318 g/mol. The van der Waals surface area contributed by atoms with Crippen molar-refractivity contribution in [2.24, 2.45) is 5.92 Å². The molecule has 2 aromatic rings. The molecule has 1 heterocycles. The van der Waals surface area contributed by atoms with Crippen LogP contribution in [0.2, 0.25) is 0 Å². The number of nitrogens with zero attached hydrogens (tertiary/aromatic N) is 2. The first-order chi connectivity index (χ1) is 11.8. The van der Waals surface area contributed by atoms with Crippen LogP contribution in [0.15, 0.2) is 24.3 Å². The van der Waals surface area contributed by atoms with Crippen LogP contribution >= 0.6 is 0 Å². The number of anilines is 1. The number of hydrogen-bond acceptors (Lipinski definition) is 4. The number of esters is 1. The summed E-state index contributed by atoms with van der Waals surface area (Å²) in [4.78, 5) is 24.3. The van der Waals surface area contributed by atoms with Gasteiger partial charge in [0.25, 0.3) is 0 Å². The molecule has 1 amide bonds. The number of amides is 1. The van der Waals surface area contributed by atoms with Crippen LogP contribution in [0.1, 0.15) is 41.2 Å². The minimum atomic E-state index is -0.479. The lowest BCUT2D eigenvalue weighted by Gasteiger charge is -2.10. The Hall–Kier alpha value is -2.63. The van der Waals surface area contributed by atoms with Gasteiger partial charge in [-0.1, -0.05) is 26.0 Å². The van der Waals surface area contributed by atoms with E-state index in [1.54, 1.807) is 24.3 Å². The Morgan fingerprint density at radius 2 is 1.92 bits per heavy atom. The molecule has 0 aliphatic heterocycles. The van der Waals surface area contributed by atoms with Crippen molar-refractivity contribution in [1.29, 1.82) is 0 Å². The van der Waals surface area contributed by atoms with Crippen molar-refractivity contribution in [3.8, 4) is 0 Å². The lowest BCUT2D eigenvalue weighted by atomic mass is 10.1. The maximum Gasteiger partial charge on any atom is 0.339 e. The third kappa shape index (κ3) is 4.47. The number of ether oxygens (including phenoxy) is 1. The summed E-state index contributed by atoms with van der Waals surface area (Å²) in [5.41, 5.74) is 3.57. The van der Waals surface area contributed by atoms with Crippen LogP contribution in [0, 0.1) is 19.8 Å². The number of carbonyl (C=O) groups is 2. The second kappa shape index (κ2) is 7.96. The van der Waals surface area contributed by atoms with Crippen molar-refractivity contribution in [2.75, 3.05) is 12.4 Å². The van der Waals surface area contributed by atoms with Crippen molar-refractivity contribution in [3.05, 3.63) is 46.8 Å². The van der Waals surface area contributed by atoms with Crippen LogP contribution < -0.4 is 5.32 Å². The van der Waals surface area contributed by atoms with Gasteiger partial charge in [-0.15, -0.1) is 0 Å². The largest absolute Gasteiger partial charge is 0.465 e. The summed E-state index contributed by atoms with van der Waals surface area (Å²) in [6, 6.07) is 6.80. The number of benzene rings is 1. The highest BCUT2D eigenvalue weighted by molar-refractivity contribution is 6.01. The van der Waals surface area contributed by atoms with E-state index in [0.717, 1.165) is 23.5 Å². The van der Waals surface area contributed by atoms with Gasteiger partial charge in [0.2, 0.25) is 5.91 Å². The first-order valence-corrected chi connectivity index (χ1v) is 8.33. The van der Waals surface area contributed by atoms with Crippen LogP contribution in [0.25, 0.3) is 0 Å². The summed E-state index contributed by atoms with van der Waals surface area (Å²) in [5.74, 6) is -0.189. The molecule has 0 spiro atoms. The van der Waals surface area contributed by atoms with Crippen molar-refractivity contribution in [3.63, 3.8) is 0 Å². The summed E-state index contributed by atoms with van der Waals surface area (Å²) in [7, 11) is 1.32. The lowest BCUT2D eigenvalue weighted by molar-refractivity contribution is -0.115. The van der Waals surface area contributed by atoms with Crippen LogP contribution in [0.3, 0.4) is 0 Å². The number of nitrogens with one attached hydrogen (secondary N) is 1. The van der Waals surface area contributed by atoms with Gasteiger partial charge >= 0.3 is 5.97 Å². The highest BCUT2D eigenvalue weighted by Gasteiger charge is 2.18. The summed E-state index contributed by atoms with van der Waals surface area (Å²) in [6.45, 7) is 8.97. The van der Waals surface area contributed by atoms with Crippen LogP contribution in [0.5, 0.6) is 0 Å². The predicted molar refractivity (Wildman–Crippen MR) is 96.7 cm³/mol. The Kier molecular flexibility index (Phi) is 5.96. The Morgan fingerprint density at radius 3 is 2.56 bits per heavy atom. The number of rotatable bonds is 6. The zero-order chi connectivity index (χ0) is 18.6. The van der Waals surface area contributed by atoms with Gasteiger partial charge < -0.3 is 10.1 Å². The number of methoxy groups -OCH3 is 1. The molecule has 0 bridgehead atoms. The lowest BCUT2D eigenvalue weighted by Crippen LogP contribution is -2.18. The summed E-state index contributed by atoms with van der Waals surface area (Å²) in [6.07, 6.45) is 0.214. The SMILES string of the molecule is COC(=O)c1ccccc1NC(=O)Cc1c(C)nn(CC(C)C)c1C. The zero-order valence-electron chi connectivity index (χ0n) is 15.4. The van der Waals surface area contributed by atoms with E-state index in [0.29, 0.717) is 17.2 Å². The molecule has 1 N–H and O–H groups in total. The smallest absolute Gasteiger partial charge is 0.339 e. The molecule has 2 rings (SSSR count). The molecule has 1 aromatic carbocycles. The third-order valence-corrected chi connectivity index (χ3v) is 4.01. The van der Waals surface area contributed by atoms with Crippen LogP contribution in [-0.2, 0) is 22.5 Å². The highest BCUT2D eigenvalue weighted by Crippen LogP contribution is 2.19. The van der Waals surface area contributed by atoms with Gasteiger partial charge in [0.1, 0.15) is 0 Å². The second-order valence-corrected chi connectivity index (χ2v) is 6.49. The fourth-order valence-corrected chi connectivity index (χ4v) is 2.75. The molecule has 0 unspecified atom stereocenters. The first kappa shape index (κ1) is 18.7. The molecule has 0 radical (unpaired) electrons. The second-order valence-electron chi connectivity index (χ2n) is 6.49. The van der Waals surface area contributed by atoms with E-state index in [9.17, 15) is 9.59 Å². The zero-order valence-corrected chi connectivity index (χ0v) is 15.4. The summed E-state index contributed by atoms with van der Waals surface area (Å²) < 4.78 is 6.70. The van der Waals surface area contributed by atoms with Gasteiger partial charge in [-0.2, -0.15) is 5.10 Å². The van der Waals surface area contributed by atoms with Gasteiger partial charge in [0.15, 0.2) is 0 Å². The van der Waals surface area contributed by atoms with Gasteiger partial charge in [0.05, 0.1) is 30.5 Å². The van der Waals surface area contributed by atoms with E-state index >= 15 is 0 Å². The molecule has 0 atom stereocenters. The Labute approximate surface area is 148 Å². The first-order valence-electron chi connectivity index (χ1n) is 8.33. The van der Waals surface area contributed by atoms with Crippen LogP contribution in [-0.4, -0.2) is 28.8 Å². The molecule has 6 nitrogen and oxygen atoms in total. The minimum Gasteiger partial charge on any atom is -0.465 e. The van der Waals surface area contributed by atoms with E-state index in [4.69, 9.17) is 4.74 Å². The normalized spacial score (nSPS) is 10.8. The molecule has 1 aromatic heterocycles. The molecule has 0 saturated heterocycles. The van der Waals surface area contributed by atoms with Gasteiger partial charge in [-0.05, 0) is 31.9 Å². The van der Waals surface area contributed by atoms with Crippen molar-refractivity contribution in [1.82, 2.24) is 9.78 Å². The standard InChI is InChI=1S/C19H25N3O3/c1-12(2)11-22-14(4)16(13(3)21-22)10-18(23)20-17-9-7-6-8-15(17)19(24)25-5/h6-9,12H,10-11H2,1-5H3,(H,20,23). The van der Waals surface area contributed by atoms with E-state index in [2.05, 4.69) is 24.3 Å². The quantitative estimate of drug-likeness (QED) is 0.818. The Bertz CT molecular complexity index is 778. The molecule has 0 saturated carbocycles. The minimum absolute atomic E-state index is 0.188.